The van der Waals surface area contributed by atoms with Gasteiger partial charge in [-0.15, -0.1) is 13.2 Å². The molecule has 1 aliphatic heterocycles. The summed E-state index contributed by atoms with van der Waals surface area (Å²) in [6.07, 6.45) is -2.11. The molecule has 1 amide bonds. The molecule has 0 bridgehead atoms. The highest BCUT2D eigenvalue weighted by Crippen LogP contribution is 2.34. The van der Waals surface area contributed by atoms with Crippen LogP contribution in [0.5, 0.6) is 11.5 Å². The Morgan fingerprint density at radius 3 is 2.48 bits per heavy atom. The minimum atomic E-state index is -4.88. The molecular weight excluding hydrogens is 409 g/mol. The number of hydrogen-bond acceptors (Lipinski definition) is 4. The number of nitrogens with zero attached hydrogens (tertiary/aromatic N) is 2. The van der Waals surface area contributed by atoms with Gasteiger partial charge >= 0.3 is 12.5 Å². The molecule has 0 spiro atoms. The molecule has 1 aliphatic rings. The van der Waals surface area contributed by atoms with E-state index in [0.29, 0.717) is 12.0 Å². The maximum atomic E-state index is 12.8. The van der Waals surface area contributed by atoms with Crippen molar-refractivity contribution in [2.24, 2.45) is 0 Å². The third kappa shape index (κ3) is 7.61. The minimum Gasteiger partial charge on any atom is -0.406 e. The number of allylic oxidation sites excluding steroid dienone is 1. The predicted molar refractivity (Wildman–Crippen MR) is 114 cm³/mol. The first-order valence-corrected chi connectivity index (χ1v) is 10.2. The number of carbonyl (C=O) groups excluding carboxylic acids is 1. The van der Waals surface area contributed by atoms with Crippen molar-refractivity contribution in [1.29, 1.82) is 0 Å². The molecule has 0 unspecified atom stereocenters. The molecule has 0 saturated heterocycles. The van der Waals surface area contributed by atoms with Crippen molar-refractivity contribution in [2.75, 3.05) is 27.2 Å². The van der Waals surface area contributed by atoms with Gasteiger partial charge in [0.25, 0.3) is 0 Å². The topological polar surface area (TPSA) is 42.0 Å². The summed E-state index contributed by atoms with van der Waals surface area (Å²) in [6.45, 7) is 10.2. The van der Waals surface area contributed by atoms with Crippen LogP contribution < -0.4 is 9.47 Å². The van der Waals surface area contributed by atoms with E-state index < -0.39 is 18.2 Å². The molecule has 0 aliphatic carbocycles. The molecule has 0 saturated carbocycles. The molecule has 0 N–H and O–H groups in total. The lowest BCUT2D eigenvalue weighted by Crippen LogP contribution is -2.32. The first-order chi connectivity index (χ1) is 14.4. The molecule has 8 heteroatoms. The van der Waals surface area contributed by atoms with Crippen LogP contribution >= 0.6 is 0 Å². The molecule has 0 fully saturated rings. The van der Waals surface area contributed by atoms with Crippen LogP contribution in [0, 0.1) is 0 Å². The van der Waals surface area contributed by atoms with Crippen LogP contribution in [0.3, 0.4) is 0 Å². The summed E-state index contributed by atoms with van der Waals surface area (Å²) in [5.74, 6) is -0.782. The van der Waals surface area contributed by atoms with Crippen molar-refractivity contribution in [3.05, 3.63) is 46.6 Å². The number of halogens is 3. The highest BCUT2D eigenvalue weighted by atomic mass is 19.4. The van der Waals surface area contributed by atoms with Crippen molar-refractivity contribution in [2.45, 2.75) is 52.9 Å². The largest absolute Gasteiger partial charge is 0.573 e. The highest BCUT2D eigenvalue weighted by Gasteiger charge is 2.33. The van der Waals surface area contributed by atoms with Gasteiger partial charge in [-0.25, -0.2) is 4.79 Å². The number of aryl methyl sites for hydroxylation is 1. The second-order valence-electron chi connectivity index (χ2n) is 8.41. The smallest absolute Gasteiger partial charge is 0.406 e. The summed E-state index contributed by atoms with van der Waals surface area (Å²) in [6, 6.07) is 4.56. The molecule has 31 heavy (non-hydrogen) atoms. The summed E-state index contributed by atoms with van der Waals surface area (Å²) in [5, 5.41) is 0. The summed E-state index contributed by atoms with van der Waals surface area (Å²) >= 11 is 0. The molecular formula is C23H31F3N2O3. The molecule has 1 aromatic carbocycles. The van der Waals surface area contributed by atoms with E-state index in [1.807, 2.05) is 0 Å². The molecule has 1 aromatic rings. The fourth-order valence-corrected chi connectivity index (χ4v) is 3.39. The summed E-state index contributed by atoms with van der Waals surface area (Å²) in [4.78, 5) is 15.2. The lowest BCUT2D eigenvalue weighted by atomic mass is 10.0. The molecule has 172 valence electrons. The fraction of sp³-hybridized carbons (Fsp3) is 0.522. The normalized spacial score (nSPS) is 15.6. The summed E-state index contributed by atoms with van der Waals surface area (Å²) < 4.78 is 47.6. The van der Waals surface area contributed by atoms with Crippen LogP contribution in [0.1, 0.15) is 39.7 Å². The maximum absolute atomic E-state index is 12.8. The van der Waals surface area contributed by atoms with Crippen LogP contribution in [0.25, 0.3) is 0 Å². The van der Waals surface area contributed by atoms with E-state index >= 15 is 0 Å². The number of carbonyl (C=O) groups is 1. The van der Waals surface area contributed by atoms with E-state index in [-0.39, 0.29) is 11.8 Å². The fourth-order valence-electron chi connectivity index (χ4n) is 3.39. The number of ether oxygens (including phenoxy) is 2. The van der Waals surface area contributed by atoms with Gasteiger partial charge in [0.05, 0.1) is 0 Å². The number of benzene rings is 1. The van der Waals surface area contributed by atoms with E-state index in [4.69, 9.17) is 4.74 Å². The van der Waals surface area contributed by atoms with Gasteiger partial charge in [-0.1, -0.05) is 23.3 Å². The van der Waals surface area contributed by atoms with Gasteiger partial charge in [0, 0.05) is 33.2 Å². The number of amides is 1. The maximum Gasteiger partial charge on any atom is 0.573 e. The van der Waals surface area contributed by atoms with E-state index in [1.165, 1.54) is 42.9 Å². The van der Waals surface area contributed by atoms with Gasteiger partial charge in [-0.2, -0.15) is 0 Å². The molecule has 2 rings (SSSR count). The monoisotopic (exact) mass is 440 g/mol. The quantitative estimate of drug-likeness (QED) is 0.556. The number of hydrogen-bond donors (Lipinski definition) is 0. The van der Waals surface area contributed by atoms with Crippen molar-refractivity contribution >= 4 is 6.09 Å². The zero-order chi connectivity index (χ0) is 23.3. The zero-order valence-corrected chi connectivity index (χ0v) is 19.0. The molecule has 0 radical (unpaired) electrons. The Morgan fingerprint density at radius 1 is 1.23 bits per heavy atom. The zero-order valence-electron chi connectivity index (χ0n) is 19.0. The van der Waals surface area contributed by atoms with Crippen LogP contribution in [0.2, 0.25) is 0 Å². The van der Waals surface area contributed by atoms with Crippen molar-refractivity contribution in [1.82, 2.24) is 9.80 Å². The lowest BCUT2D eigenvalue weighted by molar-refractivity contribution is -0.275. The number of rotatable bonds is 7. The predicted octanol–water partition coefficient (Wildman–Crippen LogP) is 5.57. The van der Waals surface area contributed by atoms with Gasteiger partial charge in [0.2, 0.25) is 0 Å². The Bertz CT molecular complexity index is 856. The van der Waals surface area contributed by atoms with Crippen LogP contribution in [-0.4, -0.2) is 55.5 Å². The van der Waals surface area contributed by atoms with Gasteiger partial charge in [0.1, 0.15) is 0 Å². The van der Waals surface area contributed by atoms with Crippen LogP contribution in [0.15, 0.2) is 41.0 Å². The van der Waals surface area contributed by atoms with Gasteiger partial charge in [-0.3, -0.25) is 4.90 Å². The van der Waals surface area contributed by atoms with Gasteiger partial charge < -0.3 is 14.4 Å². The molecule has 5 nitrogen and oxygen atoms in total. The third-order valence-corrected chi connectivity index (χ3v) is 5.10. The Hall–Kier alpha value is -2.48. The standard InChI is InChI=1S/C23H31F3N2O3/c1-15(2)11-19-14-28(13-16(19)3)17(4)7-8-18-9-10-20(30-22(29)27(5)6)21(12-18)31-23(24,25)26/h9-12,17H,7-8,13-14H2,1-6H3/t17-/m1/s1. The Labute approximate surface area is 182 Å². The van der Waals surface area contributed by atoms with E-state index in [9.17, 15) is 18.0 Å². The van der Waals surface area contributed by atoms with Gasteiger partial charge in [0.15, 0.2) is 11.5 Å². The van der Waals surface area contributed by atoms with Crippen LogP contribution in [0.4, 0.5) is 18.0 Å². The second-order valence-corrected chi connectivity index (χ2v) is 8.41. The Kier molecular flexibility index (Phi) is 8.17. The van der Waals surface area contributed by atoms with E-state index in [2.05, 4.69) is 43.4 Å². The van der Waals surface area contributed by atoms with Crippen LogP contribution in [-0.2, 0) is 6.42 Å². The second kappa shape index (κ2) is 10.2. The van der Waals surface area contributed by atoms with E-state index in [0.717, 1.165) is 24.4 Å². The summed E-state index contributed by atoms with van der Waals surface area (Å²) in [5.41, 5.74) is 4.63. The van der Waals surface area contributed by atoms with Crippen molar-refractivity contribution < 1.29 is 27.4 Å². The summed E-state index contributed by atoms with van der Waals surface area (Å²) in [7, 11) is 2.89. The minimum absolute atomic E-state index is 0.260. The van der Waals surface area contributed by atoms with Gasteiger partial charge in [-0.05, 0) is 63.8 Å². The highest BCUT2D eigenvalue weighted by molar-refractivity contribution is 5.71. The molecule has 1 atom stereocenters. The lowest BCUT2D eigenvalue weighted by Gasteiger charge is -2.25. The SMILES string of the molecule is CC(C)=CC1=C(C)CN([C@H](C)CCc2ccc(OC(=O)N(C)C)c(OC(F)(F)F)c2)C1. The Morgan fingerprint density at radius 2 is 1.90 bits per heavy atom. The molecule has 1 heterocycles. The first-order valence-electron chi connectivity index (χ1n) is 10.2. The Balaban J connectivity index is 2.07. The van der Waals surface area contributed by atoms with Crippen molar-refractivity contribution in [3.63, 3.8) is 0 Å². The molecule has 0 aromatic heterocycles. The first kappa shape index (κ1) is 24.8. The number of alkyl halides is 3. The third-order valence-electron chi connectivity index (χ3n) is 5.10. The average Bonchev–Trinajstić information content (AvgIpc) is 3.00. The van der Waals surface area contributed by atoms with Crippen molar-refractivity contribution in [3.8, 4) is 11.5 Å². The van der Waals surface area contributed by atoms with E-state index in [1.54, 1.807) is 6.07 Å². The average molecular weight is 441 g/mol.